The Hall–Kier alpha value is -3.76. The summed E-state index contributed by atoms with van der Waals surface area (Å²) in [5.74, 6) is -0.349. The zero-order valence-electron chi connectivity index (χ0n) is 18.0. The van der Waals surface area contributed by atoms with Crippen molar-refractivity contribution in [3.05, 3.63) is 83.7 Å². The molecule has 1 aliphatic heterocycles. The van der Waals surface area contributed by atoms with Gasteiger partial charge in [-0.2, -0.15) is 8.42 Å². The molecule has 2 aromatic carbocycles. The summed E-state index contributed by atoms with van der Waals surface area (Å²) < 4.78 is 37.4. The van der Waals surface area contributed by atoms with E-state index in [2.05, 4.69) is 9.98 Å². The minimum Gasteiger partial charge on any atom is -0.495 e. The van der Waals surface area contributed by atoms with Gasteiger partial charge in [0.05, 0.1) is 13.3 Å². The number of methoxy groups -OCH3 is 1. The summed E-state index contributed by atoms with van der Waals surface area (Å²) in [6.45, 7) is 0. The topological polar surface area (TPSA) is 135 Å². The van der Waals surface area contributed by atoms with Crippen molar-refractivity contribution in [3.63, 3.8) is 0 Å². The van der Waals surface area contributed by atoms with Crippen molar-refractivity contribution in [3.8, 4) is 16.9 Å². The van der Waals surface area contributed by atoms with Crippen molar-refractivity contribution in [1.82, 2.24) is 9.88 Å². The zero-order valence-corrected chi connectivity index (χ0v) is 18.8. The largest absolute Gasteiger partial charge is 0.495 e. The maximum Gasteiger partial charge on any atom is 0.269 e. The van der Waals surface area contributed by atoms with E-state index in [-0.39, 0.29) is 11.9 Å². The Kier molecular flexibility index (Phi) is 5.64. The van der Waals surface area contributed by atoms with E-state index in [9.17, 15) is 17.8 Å². The number of hydrogen-bond donors (Lipinski definition) is 2. The molecule has 3 N–H and O–H groups in total. The lowest BCUT2D eigenvalue weighted by molar-refractivity contribution is -0.129. The van der Waals surface area contributed by atoms with Crippen LogP contribution in [0, 0.1) is 0 Å². The van der Waals surface area contributed by atoms with Crippen LogP contribution in [0.4, 0.5) is 0 Å². The van der Waals surface area contributed by atoms with Gasteiger partial charge >= 0.3 is 0 Å². The highest BCUT2D eigenvalue weighted by Gasteiger charge is 2.49. The first-order valence-electron chi connectivity index (χ1n) is 9.92. The molecule has 0 fully saturated rings. The van der Waals surface area contributed by atoms with Crippen LogP contribution >= 0.6 is 0 Å². The number of carbonyl (C=O) groups is 1. The first-order chi connectivity index (χ1) is 15.6. The Labute approximate surface area is 191 Å². The Bertz CT molecular complexity index is 1370. The number of pyridine rings is 1. The van der Waals surface area contributed by atoms with Crippen LogP contribution in [-0.4, -0.2) is 48.9 Å². The number of rotatable bonds is 6. The van der Waals surface area contributed by atoms with Crippen LogP contribution < -0.4 is 10.5 Å². The molecular formula is C23H22N4O5S. The van der Waals surface area contributed by atoms with E-state index in [1.807, 2.05) is 18.2 Å². The maximum atomic E-state index is 13.5. The summed E-state index contributed by atoms with van der Waals surface area (Å²) in [5, 5.41) is 0. The smallest absolute Gasteiger partial charge is 0.269 e. The van der Waals surface area contributed by atoms with Gasteiger partial charge in [-0.15, -0.1) is 0 Å². The third-order valence-corrected chi connectivity index (χ3v) is 6.19. The molecule has 0 aliphatic carbocycles. The molecule has 10 heteroatoms. The number of benzene rings is 2. The Morgan fingerprint density at radius 1 is 1.06 bits per heavy atom. The van der Waals surface area contributed by atoms with Crippen LogP contribution in [0.3, 0.4) is 0 Å². The van der Waals surface area contributed by atoms with Gasteiger partial charge in [-0.1, -0.05) is 42.5 Å². The van der Waals surface area contributed by atoms with Gasteiger partial charge in [-0.25, -0.2) is 4.99 Å². The number of aromatic nitrogens is 1. The lowest BCUT2D eigenvalue weighted by Crippen LogP contribution is -2.41. The average molecular weight is 467 g/mol. The summed E-state index contributed by atoms with van der Waals surface area (Å²) in [5.41, 5.74) is 7.38. The second-order valence-corrected chi connectivity index (χ2v) is 9.12. The summed E-state index contributed by atoms with van der Waals surface area (Å²) in [4.78, 5) is 23.5. The SMILES string of the molecule is COc1cncc(-c2cccc(C3(c4cccc(CS(=O)(=O)O)c4)N=C(N)N(C)C3=O)c2)c1. The van der Waals surface area contributed by atoms with Gasteiger partial charge in [-0.3, -0.25) is 19.2 Å². The van der Waals surface area contributed by atoms with E-state index in [1.54, 1.807) is 55.9 Å². The lowest BCUT2D eigenvalue weighted by atomic mass is 9.81. The van der Waals surface area contributed by atoms with Crippen molar-refractivity contribution in [2.45, 2.75) is 11.3 Å². The van der Waals surface area contributed by atoms with E-state index in [4.69, 9.17) is 10.5 Å². The van der Waals surface area contributed by atoms with Gasteiger partial charge < -0.3 is 10.5 Å². The van der Waals surface area contributed by atoms with Crippen LogP contribution in [0.5, 0.6) is 5.75 Å². The van der Waals surface area contributed by atoms with Crippen molar-refractivity contribution in [2.24, 2.45) is 10.7 Å². The summed E-state index contributed by atoms with van der Waals surface area (Å²) in [6, 6.07) is 15.5. The van der Waals surface area contributed by atoms with E-state index >= 15 is 0 Å². The van der Waals surface area contributed by atoms with Crippen LogP contribution in [0.2, 0.25) is 0 Å². The molecule has 0 bridgehead atoms. The lowest BCUT2D eigenvalue weighted by Gasteiger charge is -2.27. The van der Waals surface area contributed by atoms with Crippen LogP contribution in [0.15, 0.2) is 72.0 Å². The molecule has 0 saturated carbocycles. The molecule has 33 heavy (non-hydrogen) atoms. The minimum absolute atomic E-state index is 0.0358. The molecule has 1 aliphatic rings. The molecular weight excluding hydrogens is 444 g/mol. The van der Waals surface area contributed by atoms with Gasteiger partial charge in [0.1, 0.15) is 11.5 Å². The molecule has 0 radical (unpaired) electrons. The predicted molar refractivity (Wildman–Crippen MR) is 123 cm³/mol. The van der Waals surface area contributed by atoms with Crippen molar-refractivity contribution < 1.29 is 22.5 Å². The summed E-state index contributed by atoms with van der Waals surface area (Å²) in [7, 11) is -1.18. The number of amides is 1. The highest BCUT2D eigenvalue weighted by molar-refractivity contribution is 7.85. The molecule has 4 rings (SSSR count). The molecule has 3 aromatic rings. The van der Waals surface area contributed by atoms with Gasteiger partial charge in [0.15, 0.2) is 11.5 Å². The van der Waals surface area contributed by atoms with Gasteiger partial charge in [0.25, 0.3) is 16.0 Å². The standard InChI is InChI=1S/C23H22N4O5S/c1-27-21(28)23(26-22(27)24,18-7-3-5-15(9-18)14-33(29,30)31)19-8-4-6-16(10-19)17-11-20(32-2)13-25-12-17/h3-13H,14H2,1-2H3,(H2,24,26)(H,29,30,31). The highest BCUT2D eigenvalue weighted by atomic mass is 32.2. The average Bonchev–Trinajstić information content (AvgIpc) is 3.03. The fraction of sp³-hybridized carbons (Fsp3) is 0.174. The number of guanidine groups is 1. The number of ether oxygens (including phenoxy) is 1. The first kappa shape index (κ1) is 22.4. The number of carbonyl (C=O) groups excluding carboxylic acids is 1. The monoisotopic (exact) mass is 466 g/mol. The number of likely N-dealkylation sites (N-methyl/N-ethyl adjacent to an activating group) is 1. The van der Waals surface area contributed by atoms with E-state index in [1.165, 1.54) is 11.9 Å². The second-order valence-electron chi connectivity index (χ2n) is 7.67. The fourth-order valence-corrected chi connectivity index (χ4v) is 4.49. The van der Waals surface area contributed by atoms with Gasteiger partial charge in [-0.05, 0) is 34.4 Å². The third-order valence-electron chi connectivity index (χ3n) is 5.50. The predicted octanol–water partition coefficient (Wildman–Crippen LogP) is 2.18. The van der Waals surface area contributed by atoms with Crippen LogP contribution in [-0.2, 0) is 26.2 Å². The number of aliphatic imine (C=N–C) groups is 1. The molecule has 0 saturated heterocycles. The highest BCUT2D eigenvalue weighted by Crippen LogP contribution is 2.41. The third kappa shape index (κ3) is 4.18. The molecule has 9 nitrogen and oxygen atoms in total. The molecule has 1 unspecified atom stereocenters. The molecule has 170 valence electrons. The minimum atomic E-state index is -4.26. The fourth-order valence-electron chi connectivity index (χ4n) is 3.89. The Balaban J connectivity index is 1.91. The normalized spacial score (nSPS) is 18.3. The first-order valence-corrected chi connectivity index (χ1v) is 11.5. The second kappa shape index (κ2) is 8.30. The maximum absolute atomic E-state index is 13.5. The molecule has 1 aromatic heterocycles. The quantitative estimate of drug-likeness (QED) is 0.532. The molecule has 0 spiro atoms. The van der Waals surface area contributed by atoms with Crippen molar-refractivity contribution in [2.75, 3.05) is 14.2 Å². The molecule has 1 atom stereocenters. The number of hydrogen-bond acceptors (Lipinski definition) is 7. The Morgan fingerprint density at radius 2 is 1.76 bits per heavy atom. The van der Waals surface area contributed by atoms with Crippen molar-refractivity contribution in [1.29, 1.82) is 0 Å². The van der Waals surface area contributed by atoms with E-state index < -0.39 is 21.4 Å². The number of nitrogens with zero attached hydrogens (tertiary/aromatic N) is 3. The summed E-state index contributed by atoms with van der Waals surface area (Å²) in [6.07, 6.45) is 3.28. The number of nitrogens with two attached hydrogens (primary N) is 1. The van der Waals surface area contributed by atoms with Crippen molar-refractivity contribution >= 4 is 22.0 Å². The van der Waals surface area contributed by atoms with Gasteiger partial charge in [0, 0.05) is 18.8 Å². The Morgan fingerprint density at radius 3 is 2.39 bits per heavy atom. The van der Waals surface area contributed by atoms with E-state index in [0.717, 1.165) is 11.1 Å². The van der Waals surface area contributed by atoms with E-state index in [0.29, 0.717) is 22.4 Å². The van der Waals surface area contributed by atoms with Crippen LogP contribution in [0.25, 0.3) is 11.1 Å². The molecule has 2 heterocycles. The summed E-state index contributed by atoms with van der Waals surface area (Å²) >= 11 is 0. The molecule has 1 amide bonds. The van der Waals surface area contributed by atoms with Gasteiger partial charge in [0.2, 0.25) is 0 Å². The van der Waals surface area contributed by atoms with Crippen LogP contribution in [0.1, 0.15) is 16.7 Å². The zero-order chi connectivity index (χ0) is 23.8.